The summed E-state index contributed by atoms with van der Waals surface area (Å²) in [7, 11) is 0. The minimum absolute atomic E-state index is 0.0143. The Morgan fingerprint density at radius 2 is 2.08 bits per heavy atom. The summed E-state index contributed by atoms with van der Waals surface area (Å²) in [5.41, 5.74) is 3.09. The summed E-state index contributed by atoms with van der Waals surface area (Å²) in [6, 6.07) is 11.8. The number of carbonyl (C=O) groups excluding carboxylic acids is 1. The number of amides is 1. The van der Waals surface area contributed by atoms with Gasteiger partial charge in [0, 0.05) is 28.6 Å². The van der Waals surface area contributed by atoms with Gasteiger partial charge in [0.15, 0.2) is 0 Å². The lowest BCUT2D eigenvalue weighted by atomic mass is 10.1. The molecule has 1 atom stereocenters. The first-order valence-corrected chi connectivity index (χ1v) is 9.31. The molecule has 0 radical (unpaired) electrons. The third-order valence-electron chi connectivity index (χ3n) is 4.13. The minimum atomic E-state index is -0.0143. The van der Waals surface area contributed by atoms with Crippen molar-refractivity contribution < 1.29 is 14.3 Å². The van der Waals surface area contributed by atoms with Crippen LogP contribution in [0.15, 0.2) is 40.9 Å². The van der Waals surface area contributed by atoms with Crippen molar-refractivity contribution in [3.8, 4) is 11.5 Å². The zero-order valence-corrected chi connectivity index (χ0v) is 16.1. The molecular weight excluding hydrogens is 382 g/mol. The van der Waals surface area contributed by atoms with E-state index in [0.717, 1.165) is 33.5 Å². The average molecular weight is 404 g/mol. The fraction of sp³-hybridized carbons (Fsp3) is 0.350. The molecule has 1 amide bonds. The molecule has 25 heavy (non-hydrogen) atoms. The lowest BCUT2D eigenvalue weighted by Gasteiger charge is -2.13. The Hall–Kier alpha value is -2.01. The predicted octanol–water partition coefficient (Wildman–Crippen LogP) is 4.03. The molecule has 2 aromatic carbocycles. The van der Waals surface area contributed by atoms with E-state index in [1.54, 1.807) is 0 Å². The van der Waals surface area contributed by atoms with Gasteiger partial charge >= 0.3 is 0 Å². The Kier molecular flexibility index (Phi) is 5.63. The van der Waals surface area contributed by atoms with Crippen molar-refractivity contribution in [3.05, 3.63) is 57.6 Å². The lowest BCUT2D eigenvalue weighted by molar-refractivity contribution is -0.120. The van der Waals surface area contributed by atoms with Crippen molar-refractivity contribution in [2.75, 3.05) is 6.61 Å². The molecule has 4 nitrogen and oxygen atoms in total. The van der Waals surface area contributed by atoms with Crippen LogP contribution in [0.25, 0.3) is 0 Å². The van der Waals surface area contributed by atoms with Crippen LogP contribution in [0.1, 0.15) is 30.5 Å². The molecule has 1 aliphatic heterocycles. The molecule has 0 unspecified atom stereocenters. The van der Waals surface area contributed by atoms with Crippen LogP contribution < -0.4 is 14.8 Å². The Labute approximate surface area is 156 Å². The Morgan fingerprint density at radius 1 is 1.32 bits per heavy atom. The second-order valence-electron chi connectivity index (χ2n) is 6.21. The highest BCUT2D eigenvalue weighted by molar-refractivity contribution is 9.10. The van der Waals surface area contributed by atoms with Gasteiger partial charge in [-0.2, -0.15) is 0 Å². The van der Waals surface area contributed by atoms with Crippen LogP contribution in [0.2, 0.25) is 0 Å². The molecule has 0 spiro atoms. The molecule has 3 rings (SSSR count). The number of ether oxygens (including phenoxy) is 2. The average Bonchev–Trinajstić information content (AvgIpc) is 2.94. The van der Waals surface area contributed by atoms with Crippen molar-refractivity contribution in [1.82, 2.24) is 5.32 Å². The van der Waals surface area contributed by atoms with E-state index >= 15 is 0 Å². The van der Waals surface area contributed by atoms with E-state index in [1.165, 1.54) is 5.56 Å². The molecule has 0 saturated heterocycles. The summed E-state index contributed by atoms with van der Waals surface area (Å²) in [5, 5.41) is 2.98. The summed E-state index contributed by atoms with van der Waals surface area (Å²) in [5.74, 6) is 1.70. The highest BCUT2D eigenvalue weighted by atomic mass is 79.9. The number of benzene rings is 2. The van der Waals surface area contributed by atoms with Crippen LogP contribution in [0.5, 0.6) is 11.5 Å². The third kappa shape index (κ3) is 4.54. The molecule has 0 bridgehead atoms. The lowest BCUT2D eigenvalue weighted by Crippen LogP contribution is -2.24. The molecule has 1 aliphatic rings. The summed E-state index contributed by atoms with van der Waals surface area (Å²) in [6.07, 6.45) is 1.44. The van der Waals surface area contributed by atoms with Crippen LogP contribution in [-0.2, 0) is 24.2 Å². The predicted molar refractivity (Wildman–Crippen MR) is 101 cm³/mol. The van der Waals surface area contributed by atoms with Gasteiger partial charge in [-0.15, -0.1) is 0 Å². The summed E-state index contributed by atoms with van der Waals surface area (Å²) in [6.45, 7) is 5.03. The normalized spacial score (nSPS) is 15.4. The number of nitrogens with one attached hydrogen (secondary N) is 1. The van der Waals surface area contributed by atoms with Crippen molar-refractivity contribution in [3.63, 3.8) is 0 Å². The highest BCUT2D eigenvalue weighted by Gasteiger charge is 2.22. The first-order valence-electron chi connectivity index (χ1n) is 8.51. The number of hydrogen-bond donors (Lipinski definition) is 1. The SMILES string of the molecule is CCOc1cc2c(cc1CNC(=O)Cc1ccc(Br)cc1)O[C@@H](C)C2. The van der Waals surface area contributed by atoms with Crippen molar-refractivity contribution in [2.24, 2.45) is 0 Å². The van der Waals surface area contributed by atoms with E-state index in [-0.39, 0.29) is 12.0 Å². The minimum Gasteiger partial charge on any atom is -0.494 e. The maximum absolute atomic E-state index is 12.2. The standard InChI is InChI=1S/C20H22BrNO3/c1-3-24-18-10-15-8-13(2)25-19(15)11-16(18)12-22-20(23)9-14-4-6-17(21)7-5-14/h4-7,10-11,13H,3,8-9,12H2,1-2H3,(H,22,23)/t13-/m0/s1. The van der Waals surface area contributed by atoms with Gasteiger partial charge in [0.1, 0.15) is 17.6 Å². The van der Waals surface area contributed by atoms with Crippen LogP contribution in [-0.4, -0.2) is 18.6 Å². The van der Waals surface area contributed by atoms with Gasteiger partial charge in [0.2, 0.25) is 5.91 Å². The smallest absolute Gasteiger partial charge is 0.224 e. The molecule has 0 saturated carbocycles. The van der Waals surface area contributed by atoms with Gasteiger partial charge in [-0.3, -0.25) is 4.79 Å². The van der Waals surface area contributed by atoms with E-state index in [2.05, 4.69) is 28.2 Å². The van der Waals surface area contributed by atoms with Gasteiger partial charge in [-0.25, -0.2) is 0 Å². The summed E-state index contributed by atoms with van der Waals surface area (Å²) < 4.78 is 12.6. The maximum Gasteiger partial charge on any atom is 0.224 e. The van der Waals surface area contributed by atoms with Crippen LogP contribution in [0, 0.1) is 0 Å². The number of fused-ring (bicyclic) bond motifs is 1. The maximum atomic E-state index is 12.2. The Balaban J connectivity index is 1.66. The van der Waals surface area contributed by atoms with E-state index in [4.69, 9.17) is 9.47 Å². The monoisotopic (exact) mass is 403 g/mol. The zero-order valence-electron chi connectivity index (χ0n) is 14.5. The quantitative estimate of drug-likeness (QED) is 0.791. The molecule has 1 N–H and O–H groups in total. The molecule has 2 aromatic rings. The van der Waals surface area contributed by atoms with Crippen molar-refractivity contribution >= 4 is 21.8 Å². The first kappa shape index (κ1) is 17.8. The van der Waals surface area contributed by atoms with Crippen LogP contribution in [0.3, 0.4) is 0 Å². The first-order chi connectivity index (χ1) is 12.0. The number of hydrogen-bond acceptors (Lipinski definition) is 3. The van der Waals surface area contributed by atoms with Gasteiger partial charge in [0.05, 0.1) is 13.0 Å². The summed E-state index contributed by atoms with van der Waals surface area (Å²) in [4.78, 5) is 12.2. The Morgan fingerprint density at radius 3 is 2.80 bits per heavy atom. The number of halogens is 1. The van der Waals surface area contributed by atoms with Crippen LogP contribution >= 0.6 is 15.9 Å². The third-order valence-corrected chi connectivity index (χ3v) is 4.66. The highest BCUT2D eigenvalue weighted by Crippen LogP contribution is 2.35. The Bertz CT molecular complexity index is 758. The van der Waals surface area contributed by atoms with E-state index in [0.29, 0.717) is 19.6 Å². The number of carbonyl (C=O) groups is 1. The van der Waals surface area contributed by atoms with E-state index < -0.39 is 0 Å². The second kappa shape index (κ2) is 7.91. The summed E-state index contributed by atoms with van der Waals surface area (Å²) >= 11 is 3.40. The topological polar surface area (TPSA) is 47.6 Å². The fourth-order valence-corrected chi connectivity index (χ4v) is 3.22. The van der Waals surface area contributed by atoms with Gasteiger partial charge < -0.3 is 14.8 Å². The molecule has 0 fully saturated rings. The molecule has 5 heteroatoms. The van der Waals surface area contributed by atoms with Gasteiger partial charge in [-0.1, -0.05) is 28.1 Å². The molecule has 1 heterocycles. The van der Waals surface area contributed by atoms with E-state index in [1.807, 2.05) is 43.3 Å². The second-order valence-corrected chi connectivity index (χ2v) is 7.13. The van der Waals surface area contributed by atoms with Gasteiger partial charge in [-0.05, 0) is 43.7 Å². The molecule has 132 valence electrons. The zero-order chi connectivity index (χ0) is 17.8. The van der Waals surface area contributed by atoms with Gasteiger partial charge in [0.25, 0.3) is 0 Å². The number of rotatable bonds is 6. The van der Waals surface area contributed by atoms with Crippen molar-refractivity contribution in [1.29, 1.82) is 0 Å². The molecule has 0 aliphatic carbocycles. The largest absolute Gasteiger partial charge is 0.494 e. The van der Waals surface area contributed by atoms with E-state index in [9.17, 15) is 4.79 Å². The fourth-order valence-electron chi connectivity index (χ4n) is 2.95. The molecular formula is C20H22BrNO3. The molecule has 0 aromatic heterocycles. The van der Waals surface area contributed by atoms with Crippen LogP contribution in [0.4, 0.5) is 0 Å². The van der Waals surface area contributed by atoms with Crippen molar-refractivity contribution in [2.45, 2.75) is 39.3 Å².